The summed E-state index contributed by atoms with van der Waals surface area (Å²) in [5.74, 6) is 2.56. The maximum Gasteiger partial charge on any atom is 0.227 e. The molecule has 2 atom stereocenters. The van der Waals surface area contributed by atoms with Crippen molar-refractivity contribution in [1.82, 2.24) is 14.9 Å². The summed E-state index contributed by atoms with van der Waals surface area (Å²) in [5.41, 5.74) is 0. The van der Waals surface area contributed by atoms with Gasteiger partial charge in [0.1, 0.15) is 5.82 Å². The van der Waals surface area contributed by atoms with Gasteiger partial charge in [0.15, 0.2) is 0 Å². The van der Waals surface area contributed by atoms with Crippen LogP contribution in [-0.4, -0.2) is 87.1 Å². The average Bonchev–Trinajstić information content (AvgIpc) is 3.17. The number of hydrogen-bond donors (Lipinski definition) is 0. The zero-order valence-corrected chi connectivity index (χ0v) is 15.8. The lowest BCUT2D eigenvalue weighted by Gasteiger charge is -2.30. The van der Waals surface area contributed by atoms with E-state index in [0.29, 0.717) is 12.0 Å². The lowest BCUT2D eigenvalue weighted by atomic mass is 10.0. The van der Waals surface area contributed by atoms with E-state index in [0.717, 1.165) is 57.8 Å². The second-order valence-electron chi connectivity index (χ2n) is 7.71. The number of hydrogen-bond acceptors (Lipinski definition) is 7. The fourth-order valence-electron chi connectivity index (χ4n) is 4.25. The zero-order chi connectivity index (χ0) is 17.8. The molecule has 4 heterocycles. The molecule has 0 aromatic carbocycles. The Hall–Kier alpha value is -1.44. The first-order chi connectivity index (χ1) is 12.8. The highest BCUT2D eigenvalue weighted by Gasteiger charge is 2.29. The first-order valence-electron chi connectivity index (χ1n) is 9.98. The van der Waals surface area contributed by atoms with Crippen LogP contribution in [0.15, 0.2) is 12.3 Å². The van der Waals surface area contributed by atoms with Crippen LogP contribution in [0, 0.1) is 5.92 Å². The van der Waals surface area contributed by atoms with Gasteiger partial charge >= 0.3 is 0 Å². The molecule has 0 N–H and O–H groups in total. The number of nitrogens with zero attached hydrogens (tertiary/aromatic N) is 5. The number of aromatic nitrogens is 2. The molecule has 26 heavy (non-hydrogen) atoms. The lowest BCUT2D eigenvalue weighted by Crippen LogP contribution is -2.39. The number of likely N-dealkylation sites (tertiary alicyclic amines) is 1. The first-order valence-corrected chi connectivity index (χ1v) is 9.98. The van der Waals surface area contributed by atoms with Gasteiger partial charge < -0.3 is 24.2 Å². The smallest absolute Gasteiger partial charge is 0.227 e. The molecule has 7 heteroatoms. The molecule has 0 amide bonds. The second kappa shape index (κ2) is 8.50. The second-order valence-corrected chi connectivity index (χ2v) is 7.71. The van der Waals surface area contributed by atoms with Crippen LogP contribution in [0.25, 0.3) is 0 Å². The van der Waals surface area contributed by atoms with Crippen molar-refractivity contribution in [1.29, 1.82) is 0 Å². The molecule has 3 saturated heterocycles. The summed E-state index contributed by atoms with van der Waals surface area (Å²) in [5, 5.41) is 0. The highest BCUT2D eigenvalue weighted by molar-refractivity contribution is 5.44. The summed E-state index contributed by atoms with van der Waals surface area (Å²) >= 11 is 0. The van der Waals surface area contributed by atoms with Gasteiger partial charge in [0, 0.05) is 58.6 Å². The van der Waals surface area contributed by atoms with Gasteiger partial charge in [-0.1, -0.05) is 0 Å². The SMILES string of the molecule is CN(c1ccnc(N2CCOCC2)n1)C1CCN(CC2CCCOC2)C1. The fraction of sp³-hybridized carbons (Fsp3) is 0.789. The van der Waals surface area contributed by atoms with Crippen LogP contribution in [0.1, 0.15) is 19.3 Å². The molecular formula is C19H31N5O2. The van der Waals surface area contributed by atoms with Crippen molar-refractivity contribution >= 4 is 11.8 Å². The average molecular weight is 361 g/mol. The molecule has 3 fully saturated rings. The minimum atomic E-state index is 0.520. The molecule has 2 unspecified atom stereocenters. The van der Waals surface area contributed by atoms with Crippen molar-refractivity contribution in [2.45, 2.75) is 25.3 Å². The number of anilines is 2. The van der Waals surface area contributed by atoms with Crippen molar-refractivity contribution in [2.24, 2.45) is 5.92 Å². The maximum atomic E-state index is 5.64. The first kappa shape index (κ1) is 17.9. The summed E-state index contributed by atoms with van der Waals surface area (Å²) in [6, 6.07) is 2.55. The Bertz CT molecular complexity index is 575. The van der Waals surface area contributed by atoms with Gasteiger partial charge in [-0.05, 0) is 31.2 Å². The Morgan fingerprint density at radius 1 is 1.15 bits per heavy atom. The summed E-state index contributed by atoms with van der Waals surface area (Å²) in [6.45, 7) is 8.59. The third-order valence-corrected chi connectivity index (χ3v) is 5.85. The molecule has 4 rings (SSSR count). The molecule has 0 radical (unpaired) electrons. The molecule has 144 valence electrons. The number of likely N-dealkylation sites (N-methyl/N-ethyl adjacent to an activating group) is 1. The summed E-state index contributed by atoms with van der Waals surface area (Å²) in [7, 11) is 2.17. The van der Waals surface area contributed by atoms with E-state index in [9.17, 15) is 0 Å². The van der Waals surface area contributed by atoms with Crippen LogP contribution < -0.4 is 9.80 Å². The normalized spacial score (nSPS) is 27.7. The summed E-state index contributed by atoms with van der Waals surface area (Å²) in [4.78, 5) is 16.5. The monoisotopic (exact) mass is 361 g/mol. The lowest BCUT2D eigenvalue weighted by molar-refractivity contribution is 0.0416. The molecule has 0 bridgehead atoms. The Labute approximate surface area is 156 Å². The Kier molecular flexibility index (Phi) is 5.87. The number of morpholine rings is 1. The maximum absolute atomic E-state index is 5.64. The largest absolute Gasteiger partial charge is 0.381 e. The van der Waals surface area contributed by atoms with Crippen molar-refractivity contribution < 1.29 is 9.47 Å². The van der Waals surface area contributed by atoms with Gasteiger partial charge in [0.05, 0.1) is 19.8 Å². The highest BCUT2D eigenvalue weighted by Crippen LogP contribution is 2.23. The fourth-order valence-corrected chi connectivity index (χ4v) is 4.25. The number of rotatable bonds is 5. The van der Waals surface area contributed by atoms with Crippen LogP contribution >= 0.6 is 0 Å². The van der Waals surface area contributed by atoms with E-state index in [4.69, 9.17) is 14.5 Å². The van der Waals surface area contributed by atoms with Gasteiger partial charge in [-0.2, -0.15) is 4.98 Å². The Balaban J connectivity index is 1.34. The van der Waals surface area contributed by atoms with E-state index in [1.165, 1.54) is 32.4 Å². The number of ether oxygens (including phenoxy) is 2. The molecule has 1 aromatic heterocycles. The summed E-state index contributed by atoms with van der Waals surface area (Å²) < 4.78 is 11.1. The minimum Gasteiger partial charge on any atom is -0.381 e. The molecule has 1 aromatic rings. The van der Waals surface area contributed by atoms with E-state index in [-0.39, 0.29) is 0 Å². The molecule has 0 spiro atoms. The molecular weight excluding hydrogens is 330 g/mol. The Morgan fingerprint density at radius 2 is 2.04 bits per heavy atom. The van der Waals surface area contributed by atoms with Crippen LogP contribution in [0.3, 0.4) is 0 Å². The van der Waals surface area contributed by atoms with E-state index in [2.05, 4.69) is 26.7 Å². The van der Waals surface area contributed by atoms with Gasteiger partial charge in [0.25, 0.3) is 0 Å². The van der Waals surface area contributed by atoms with Gasteiger partial charge in [0.2, 0.25) is 5.95 Å². The summed E-state index contributed by atoms with van der Waals surface area (Å²) in [6.07, 6.45) is 5.61. The van der Waals surface area contributed by atoms with E-state index in [1.54, 1.807) is 0 Å². The van der Waals surface area contributed by atoms with Crippen LogP contribution in [0.4, 0.5) is 11.8 Å². The van der Waals surface area contributed by atoms with Gasteiger partial charge in [-0.15, -0.1) is 0 Å². The predicted molar refractivity (Wildman–Crippen MR) is 102 cm³/mol. The van der Waals surface area contributed by atoms with Crippen molar-refractivity contribution in [2.75, 3.05) is 76.0 Å². The Morgan fingerprint density at radius 3 is 2.85 bits per heavy atom. The van der Waals surface area contributed by atoms with Crippen LogP contribution in [0.2, 0.25) is 0 Å². The zero-order valence-electron chi connectivity index (χ0n) is 15.8. The molecule has 0 saturated carbocycles. The van der Waals surface area contributed by atoms with Gasteiger partial charge in [-0.3, -0.25) is 0 Å². The third-order valence-electron chi connectivity index (χ3n) is 5.85. The minimum absolute atomic E-state index is 0.520. The van der Waals surface area contributed by atoms with Crippen LogP contribution in [-0.2, 0) is 9.47 Å². The highest BCUT2D eigenvalue weighted by atomic mass is 16.5. The molecule has 3 aliphatic rings. The van der Waals surface area contributed by atoms with E-state index >= 15 is 0 Å². The van der Waals surface area contributed by atoms with Crippen molar-refractivity contribution in [3.05, 3.63) is 12.3 Å². The van der Waals surface area contributed by atoms with Crippen molar-refractivity contribution in [3.8, 4) is 0 Å². The van der Waals surface area contributed by atoms with Crippen LogP contribution in [0.5, 0.6) is 0 Å². The topological polar surface area (TPSA) is 54.0 Å². The standard InChI is InChI=1S/C19H31N5O2/c1-22(17-5-7-23(14-17)13-16-3-2-10-26-15-16)18-4-6-20-19(21-18)24-8-11-25-12-9-24/h4,6,16-17H,2-3,5,7-15H2,1H3. The third kappa shape index (κ3) is 4.27. The predicted octanol–water partition coefficient (Wildman–Crippen LogP) is 1.25. The van der Waals surface area contributed by atoms with E-state index < -0.39 is 0 Å². The molecule has 7 nitrogen and oxygen atoms in total. The van der Waals surface area contributed by atoms with Crippen molar-refractivity contribution in [3.63, 3.8) is 0 Å². The van der Waals surface area contributed by atoms with E-state index in [1.807, 2.05) is 12.3 Å². The quantitative estimate of drug-likeness (QED) is 0.782. The molecule has 0 aliphatic carbocycles. The van der Waals surface area contributed by atoms with Gasteiger partial charge in [-0.25, -0.2) is 4.98 Å². The molecule has 3 aliphatic heterocycles.